The minimum Gasteiger partial charge on any atom is -0.452 e. The van der Waals surface area contributed by atoms with Crippen molar-refractivity contribution in [2.45, 2.75) is 18.9 Å². The Morgan fingerprint density at radius 2 is 1.67 bits per heavy atom. The molecule has 3 aromatic rings. The van der Waals surface area contributed by atoms with E-state index >= 15 is 0 Å². The average molecular weight is 466 g/mol. The number of rotatable bonds is 7. The van der Waals surface area contributed by atoms with E-state index < -0.39 is 24.5 Å². The number of carbonyl (C=O) groups is 4. The van der Waals surface area contributed by atoms with Crippen LogP contribution in [0.5, 0.6) is 0 Å². The van der Waals surface area contributed by atoms with Crippen molar-refractivity contribution >= 4 is 40.7 Å². The summed E-state index contributed by atoms with van der Waals surface area (Å²) in [7, 11) is 0. The molecule has 4 rings (SSSR count). The molecular formula is C24H19FN2O5S. The SMILES string of the molecule is O=C(COC(=O)c1ccc(N2C(=O)CCC2=O)cc1)NC(c1ccc(F)cc1)c1cccs1. The predicted octanol–water partition coefficient (Wildman–Crippen LogP) is 3.60. The van der Waals surface area contributed by atoms with Crippen molar-refractivity contribution < 1.29 is 28.3 Å². The number of carbonyl (C=O) groups excluding carboxylic acids is 4. The molecule has 1 N–H and O–H groups in total. The van der Waals surface area contributed by atoms with Crippen molar-refractivity contribution in [2.75, 3.05) is 11.5 Å². The number of nitrogens with one attached hydrogen (secondary N) is 1. The van der Waals surface area contributed by atoms with Crippen LogP contribution in [0.25, 0.3) is 0 Å². The topological polar surface area (TPSA) is 92.8 Å². The van der Waals surface area contributed by atoms with Gasteiger partial charge in [-0.25, -0.2) is 9.18 Å². The molecule has 0 aliphatic carbocycles. The first-order valence-electron chi connectivity index (χ1n) is 10.1. The highest BCUT2D eigenvalue weighted by Crippen LogP contribution is 2.26. The Morgan fingerprint density at radius 3 is 2.27 bits per heavy atom. The number of thiophene rings is 1. The summed E-state index contributed by atoms with van der Waals surface area (Å²) in [5.41, 5.74) is 1.26. The molecule has 3 amide bonds. The van der Waals surface area contributed by atoms with Crippen LogP contribution in [0.4, 0.5) is 10.1 Å². The lowest BCUT2D eigenvalue weighted by atomic mass is 10.1. The number of hydrogen-bond donors (Lipinski definition) is 1. The predicted molar refractivity (Wildman–Crippen MR) is 119 cm³/mol. The zero-order valence-electron chi connectivity index (χ0n) is 17.3. The molecule has 0 spiro atoms. The van der Waals surface area contributed by atoms with Gasteiger partial charge in [-0.3, -0.25) is 19.3 Å². The van der Waals surface area contributed by atoms with Gasteiger partial charge in [-0.1, -0.05) is 18.2 Å². The van der Waals surface area contributed by atoms with Crippen LogP contribution >= 0.6 is 11.3 Å². The number of hydrogen-bond acceptors (Lipinski definition) is 6. The van der Waals surface area contributed by atoms with Gasteiger partial charge in [0.15, 0.2) is 6.61 Å². The summed E-state index contributed by atoms with van der Waals surface area (Å²) in [6, 6.07) is 14.8. The van der Waals surface area contributed by atoms with Crippen molar-refractivity contribution in [1.82, 2.24) is 5.32 Å². The Balaban J connectivity index is 1.37. The van der Waals surface area contributed by atoms with Gasteiger partial charge in [0.25, 0.3) is 5.91 Å². The molecule has 2 heterocycles. The Hall–Kier alpha value is -3.85. The Bertz CT molecular complexity index is 1160. The highest BCUT2D eigenvalue weighted by atomic mass is 32.1. The first-order chi connectivity index (χ1) is 15.9. The summed E-state index contributed by atoms with van der Waals surface area (Å²) in [6.45, 7) is -0.507. The van der Waals surface area contributed by atoms with Crippen molar-refractivity contribution in [3.05, 3.63) is 87.9 Å². The zero-order valence-corrected chi connectivity index (χ0v) is 18.1. The molecule has 0 bridgehead atoms. The number of halogens is 1. The van der Waals surface area contributed by atoms with Gasteiger partial charge >= 0.3 is 5.97 Å². The third-order valence-corrected chi connectivity index (χ3v) is 6.02. The van der Waals surface area contributed by atoms with Crippen molar-refractivity contribution in [3.8, 4) is 0 Å². The molecule has 9 heteroatoms. The Morgan fingerprint density at radius 1 is 1.00 bits per heavy atom. The lowest BCUT2D eigenvalue weighted by Crippen LogP contribution is -2.32. The number of anilines is 1. The van der Waals surface area contributed by atoms with Crippen LogP contribution in [0.15, 0.2) is 66.0 Å². The average Bonchev–Trinajstić information content (AvgIpc) is 3.46. The summed E-state index contributed by atoms with van der Waals surface area (Å²) in [4.78, 5) is 50.4. The first-order valence-corrected chi connectivity index (χ1v) is 11.0. The molecule has 1 aromatic heterocycles. The third-order valence-electron chi connectivity index (χ3n) is 5.08. The van der Waals surface area contributed by atoms with Gasteiger partial charge in [-0.05, 0) is 53.4 Å². The monoisotopic (exact) mass is 466 g/mol. The normalized spacial score (nSPS) is 14.3. The summed E-state index contributed by atoms with van der Waals surface area (Å²) < 4.78 is 18.4. The van der Waals surface area contributed by atoms with Gasteiger partial charge in [0.1, 0.15) is 5.82 Å². The molecule has 7 nitrogen and oxygen atoms in total. The number of imide groups is 1. The smallest absolute Gasteiger partial charge is 0.338 e. The number of ether oxygens (including phenoxy) is 1. The highest BCUT2D eigenvalue weighted by molar-refractivity contribution is 7.10. The summed E-state index contributed by atoms with van der Waals surface area (Å²) in [5.74, 6) is -2.18. The number of nitrogens with zero attached hydrogens (tertiary/aromatic N) is 1. The second-order valence-corrected chi connectivity index (χ2v) is 8.29. The van der Waals surface area contributed by atoms with Gasteiger partial charge in [0.2, 0.25) is 11.8 Å². The van der Waals surface area contributed by atoms with Gasteiger partial charge < -0.3 is 10.1 Å². The third kappa shape index (κ3) is 5.15. The van der Waals surface area contributed by atoms with E-state index in [0.717, 1.165) is 9.78 Å². The fourth-order valence-corrected chi connectivity index (χ4v) is 4.26. The van der Waals surface area contributed by atoms with Crippen LogP contribution in [-0.4, -0.2) is 30.3 Å². The molecule has 1 saturated heterocycles. The molecule has 1 fully saturated rings. The van der Waals surface area contributed by atoms with Crippen molar-refractivity contribution in [3.63, 3.8) is 0 Å². The van der Waals surface area contributed by atoms with Crippen molar-refractivity contribution in [1.29, 1.82) is 0 Å². The van der Waals surface area contributed by atoms with Crippen LogP contribution in [0.3, 0.4) is 0 Å². The van der Waals surface area contributed by atoms with Gasteiger partial charge in [0, 0.05) is 17.7 Å². The Kier molecular flexibility index (Phi) is 6.60. The molecule has 1 aliphatic rings. The van der Waals surface area contributed by atoms with E-state index in [1.807, 2.05) is 17.5 Å². The zero-order chi connectivity index (χ0) is 23.4. The van der Waals surface area contributed by atoms with Gasteiger partial charge in [0.05, 0.1) is 17.3 Å². The second-order valence-electron chi connectivity index (χ2n) is 7.31. The fraction of sp³-hybridized carbons (Fsp3) is 0.167. The number of esters is 1. The van der Waals surface area contributed by atoms with Crippen LogP contribution in [-0.2, 0) is 19.1 Å². The summed E-state index contributed by atoms with van der Waals surface area (Å²) in [5, 5.41) is 4.67. The van der Waals surface area contributed by atoms with Gasteiger partial charge in [-0.2, -0.15) is 0 Å². The van der Waals surface area contributed by atoms with E-state index in [4.69, 9.17) is 4.74 Å². The molecule has 33 heavy (non-hydrogen) atoms. The molecule has 1 atom stereocenters. The summed E-state index contributed by atoms with van der Waals surface area (Å²) >= 11 is 1.44. The second kappa shape index (κ2) is 9.74. The van der Waals surface area contributed by atoms with Crippen LogP contribution < -0.4 is 10.2 Å². The molecular weight excluding hydrogens is 447 g/mol. The molecule has 168 valence electrons. The standard InChI is InChI=1S/C24H19FN2O5S/c25-17-7-3-15(4-8-17)23(19-2-1-13-33-19)26-20(28)14-32-24(31)16-5-9-18(10-6-16)27-21(29)11-12-22(27)30/h1-10,13,23H,11-12,14H2,(H,26,28). The summed E-state index contributed by atoms with van der Waals surface area (Å²) in [6.07, 6.45) is 0.338. The molecule has 1 aliphatic heterocycles. The maximum atomic E-state index is 13.3. The van der Waals surface area contributed by atoms with E-state index in [1.54, 1.807) is 12.1 Å². The lowest BCUT2D eigenvalue weighted by molar-refractivity contribution is -0.125. The molecule has 0 saturated carbocycles. The molecule has 1 unspecified atom stereocenters. The van der Waals surface area contributed by atoms with Gasteiger partial charge in [-0.15, -0.1) is 11.3 Å². The van der Waals surface area contributed by atoms with E-state index in [9.17, 15) is 23.6 Å². The number of amides is 3. The lowest BCUT2D eigenvalue weighted by Gasteiger charge is -2.18. The van der Waals surface area contributed by atoms with E-state index in [1.165, 1.54) is 47.7 Å². The van der Waals surface area contributed by atoms with E-state index in [2.05, 4.69) is 5.32 Å². The maximum Gasteiger partial charge on any atom is 0.338 e. The minimum absolute atomic E-state index is 0.169. The maximum absolute atomic E-state index is 13.3. The van der Waals surface area contributed by atoms with Crippen LogP contribution in [0.2, 0.25) is 0 Å². The van der Waals surface area contributed by atoms with Crippen molar-refractivity contribution in [2.24, 2.45) is 0 Å². The quantitative estimate of drug-likeness (QED) is 0.424. The largest absolute Gasteiger partial charge is 0.452 e. The minimum atomic E-state index is -0.717. The van der Waals surface area contributed by atoms with Crippen LogP contribution in [0.1, 0.15) is 39.7 Å². The fourth-order valence-electron chi connectivity index (χ4n) is 3.46. The van der Waals surface area contributed by atoms with Crippen LogP contribution in [0, 0.1) is 5.82 Å². The molecule has 0 radical (unpaired) electrons. The number of benzene rings is 2. The molecule has 2 aromatic carbocycles. The first kappa shape index (κ1) is 22.3. The van der Waals surface area contributed by atoms with E-state index in [-0.39, 0.29) is 36.0 Å². The highest BCUT2D eigenvalue weighted by Gasteiger charge is 2.30. The van der Waals surface area contributed by atoms with E-state index in [0.29, 0.717) is 11.3 Å². The Labute approximate surface area is 192 Å².